The maximum absolute atomic E-state index is 15.2. The highest BCUT2D eigenvalue weighted by Gasteiger charge is 2.38. The van der Waals surface area contributed by atoms with E-state index >= 15 is 8.78 Å². The fourth-order valence-corrected chi connectivity index (χ4v) is 4.71. The van der Waals surface area contributed by atoms with Gasteiger partial charge in [-0.1, -0.05) is 5.16 Å². The molecule has 3 aliphatic rings. The monoisotopic (exact) mass is 535 g/mol. The largest absolute Gasteiger partial charge is 0.443 e. The number of amides is 2. The van der Waals surface area contributed by atoms with Gasteiger partial charge < -0.3 is 23.6 Å². The van der Waals surface area contributed by atoms with E-state index in [0.717, 1.165) is 17.0 Å². The molecule has 1 aromatic carbocycles. The van der Waals surface area contributed by atoms with Gasteiger partial charge in [-0.15, -0.1) is 0 Å². The highest BCUT2D eigenvalue weighted by Crippen LogP contribution is 2.32. The first kappa shape index (κ1) is 26.2. The van der Waals surface area contributed by atoms with Gasteiger partial charge in [0.1, 0.15) is 23.7 Å². The predicted octanol–water partition coefficient (Wildman–Crippen LogP) is 3.24. The maximum atomic E-state index is 15.2. The van der Waals surface area contributed by atoms with Crippen molar-refractivity contribution < 1.29 is 37.1 Å². The highest BCUT2D eigenvalue weighted by molar-refractivity contribution is 5.91. The van der Waals surface area contributed by atoms with Crippen molar-refractivity contribution in [3.05, 3.63) is 36.1 Å². The molecule has 1 atom stereocenters. The summed E-state index contributed by atoms with van der Waals surface area (Å²) in [6, 6.07) is 4.12. The van der Waals surface area contributed by atoms with Crippen molar-refractivity contribution in [2.45, 2.75) is 38.5 Å². The molecular formula is C25H31F2N5O6. The fraction of sp³-hybridized carbons (Fsp3) is 0.560. The summed E-state index contributed by atoms with van der Waals surface area (Å²) in [7, 11) is 0. The van der Waals surface area contributed by atoms with Crippen LogP contribution in [0.25, 0.3) is 0 Å². The molecule has 1 unspecified atom stereocenters. The Morgan fingerprint density at radius 2 is 1.84 bits per heavy atom. The van der Waals surface area contributed by atoms with Crippen LogP contribution in [0.3, 0.4) is 0 Å². The summed E-state index contributed by atoms with van der Waals surface area (Å²) < 4.78 is 51.3. The van der Waals surface area contributed by atoms with Gasteiger partial charge in [0.05, 0.1) is 38.0 Å². The highest BCUT2D eigenvalue weighted by atomic mass is 19.1. The van der Waals surface area contributed by atoms with Gasteiger partial charge in [-0.05, 0) is 20.8 Å². The summed E-state index contributed by atoms with van der Waals surface area (Å²) >= 11 is 0. The van der Waals surface area contributed by atoms with Crippen LogP contribution in [0.15, 0.2) is 29.0 Å². The van der Waals surface area contributed by atoms with E-state index in [9.17, 15) is 9.59 Å². The SMILES string of the molecule is CC(C)(C)OC(=O)N(CC1CN(c2cc(F)c(N3CCN(C4COC4)CC3)c(F)c2)C(=O)O1)c1ccon1. The zero-order valence-electron chi connectivity index (χ0n) is 21.6. The van der Waals surface area contributed by atoms with Crippen LogP contribution in [0.5, 0.6) is 0 Å². The van der Waals surface area contributed by atoms with Crippen molar-refractivity contribution in [1.82, 2.24) is 10.1 Å². The number of carbonyl (C=O) groups is 2. The Morgan fingerprint density at radius 3 is 2.39 bits per heavy atom. The fourth-order valence-electron chi connectivity index (χ4n) is 4.71. The van der Waals surface area contributed by atoms with Gasteiger partial charge in [-0.2, -0.15) is 0 Å². The van der Waals surface area contributed by atoms with Crippen molar-refractivity contribution in [2.75, 3.05) is 67.2 Å². The number of nitrogens with zero attached hydrogens (tertiary/aromatic N) is 5. The zero-order chi connectivity index (χ0) is 27.0. The number of anilines is 3. The zero-order valence-corrected chi connectivity index (χ0v) is 21.6. The first-order chi connectivity index (χ1) is 18.1. The van der Waals surface area contributed by atoms with Gasteiger partial charge in [-0.25, -0.2) is 18.4 Å². The number of hydrogen-bond donors (Lipinski definition) is 0. The summed E-state index contributed by atoms with van der Waals surface area (Å²) in [5, 5.41) is 3.79. The third-order valence-corrected chi connectivity index (χ3v) is 6.66. The third kappa shape index (κ3) is 5.53. The molecule has 0 N–H and O–H groups in total. The first-order valence-corrected chi connectivity index (χ1v) is 12.5. The number of piperazine rings is 1. The molecule has 2 aromatic rings. The predicted molar refractivity (Wildman–Crippen MR) is 132 cm³/mol. The molecule has 13 heteroatoms. The lowest BCUT2D eigenvalue weighted by Crippen LogP contribution is -2.56. The Bertz CT molecular complexity index is 1140. The number of hydrogen-bond acceptors (Lipinski definition) is 9. The third-order valence-electron chi connectivity index (χ3n) is 6.66. The molecule has 206 valence electrons. The molecule has 5 rings (SSSR count). The summed E-state index contributed by atoms with van der Waals surface area (Å²) in [4.78, 5) is 31.7. The number of rotatable bonds is 6. The first-order valence-electron chi connectivity index (χ1n) is 12.5. The van der Waals surface area contributed by atoms with Crippen molar-refractivity contribution in [2.24, 2.45) is 0 Å². The van der Waals surface area contributed by atoms with Gasteiger partial charge in [-0.3, -0.25) is 14.7 Å². The standard InChI is InChI=1S/C25H31F2N5O6/c1-25(2,3)38-24(34)32(21-4-9-36-28-21)13-18-12-31(23(33)37-18)16-10-19(26)22(20(27)11-16)30-7-5-29(6-8-30)17-14-35-15-17/h4,9-11,17-18H,5-8,12-15H2,1-3H3. The molecule has 0 radical (unpaired) electrons. The minimum absolute atomic E-state index is 0.0314. The van der Waals surface area contributed by atoms with Gasteiger partial charge in [0.25, 0.3) is 0 Å². The van der Waals surface area contributed by atoms with Gasteiger partial charge >= 0.3 is 12.2 Å². The van der Waals surface area contributed by atoms with E-state index < -0.39 is 35.5 Å². The number of carbonyl (C=O) groups excluding carboxylic acids is 2. The molecule has 3 aliphatic heterocycles. The van der Waals surface area contributed by atoms with Crippen LogP contribution in [-0.2, 0) is 14.2 Å². The Balaban J connectivity index is 1.27. The molecule has 11 nitrogen and oxygen atoms in total. The second kappa shape index (κ2) is 10.4. The van der Waals surface area contributed by atoms with E-state index in [1.165, 1.54) is 17.2 Å². The van der Waals surface area contributed by atoms with Crippen molar-refractivity contribution in [3.63, 3.8) is 0 Å². The average Bonchev–Trinajstić information content (AvgIpc) is 3.45. The van der Waals surface area contributed by atoms with Crippen molar-refractivity contribution in [3.8, 4) is 0 Å². The smallest absolute Gasteiger partial charge is 0.416 e. The second-order valence-corrected chi connectivity index (χ2v) is 10.5. The second-order valence-electron chi connectivity index (χ2n) is 10.5. The maximum Gasteiger partial charge on any atom is 0.416 e. The van der Waals surface area contributed by atoms with Crippen LogP contribution in [0.4, 0.5) is 35.6 Å². The van der Waals surface area contributed by atoms with Gasteiger partial charge in [0, 0.05) is 44.4 Å². The van der Waals surface area contributed by atoms with E-state index in [0.29, 0.717) is 45.4 Å². The van der Waals surface area contributed by atoms with Crippen LogP contribution >= 0.6 is 0 Å². The Morgan fingerprint density at radius 1 is 1.16 bits per heavy atom. The topological polar surface area (TPSA) is 101 Å². The lowest BCUT2D eigenvalue weighted by atomic mass is 10.1. The van der Waals surface area contributed by atoms with E-state index in [2.05, 4.69) is 10.1 Å². The average molecular weight is 536 g/mol. The van der Waals surface area contributed by atoms with Gasteiger partial charge in [0.15, 0.2) is 17.5 Å². The number of halogens is 2. The number of ether oxygens (including phenoxy) is 3. The Hall–Kier alpha value is -3.45. The normalized spacial score (nSPS) is 20.9. The summed E-state index contributed by atoms with van der Waals surface area (Å²) in [6.45, 7) is 8.77. The van der Waals surface area contributed by atoms with Crippen molar-refractivity contribution in [1.29, 1.82) is 0 Å². The molecule has 0 bridgehead atoms. The number of cyclic esters (lactones) is 1. The van der Waals surface area contributed by atoms with E-state index in [4.69, 9.17) is 18.7 Å². The van der Waals surface area contributed by atoms with E-state index in [-0.39, 0.29) is 30.3 Å². The van der Waals surface area contributed by atoms with Crippen LogP contribution < -0.4 is 14.7 Å². The van der Waals surface area contributed by atoms with Crippen LogP contribution in [-0.4, -0.2) is 92.5 Å². The number of benzene rings is 1. The van der Waals surface area contributed by atoms with Crippen LogP contribution in [0, 0.1) is 11.6 Å². The van der Waals surface area contributed by atoms with Crippen LogP contribution in [0.2, 0.25) is 0 Å². The molecule has 1 aromatic heterocycles. The van der Waals surface area contributed by atoms with Crippen molar-refractivity contribution >= 4 is 29.4 Å². The minimum atomic E-state index is -0.805. The lowest BCUT2D eigenvalue weighted by Gasteiger charge is -2.43. The Labute approximate surface area is 218 Å². The minimum Gasteiger partial charge on any atom is -0.443 e. The quantitative estimate of drug-likeness (QED) is 0.552. The molecule has 2 amide bonds. The van der Waals surface area contributed by atoms with Gasteiger partial charge in [0.2, 0.25) is 0 Å². The molecule has 3 fully saturated rings. The summed E-state index contributed by atoms with van der Waals surface area (Å²) in [6.07, 6.45) is -0.982. The molecule has 0 saturated carbocycles. The molecule has 4 heterocycles. The number of aromatic nitrogens is 1. The van der Waals surface area contributed by atoms with E-state index in [1.807, 2.05) is 0 Å². The van der Waals surface area contributed by atoms with Crippen LogP contribution in [0.1, 0.15) is 20.8 Å². The molecule has 0 aliphatic carbocycles. The lowest BCUT2D eigenvalue weighted by molar-refractivity contribution is -0.0661. The molecular weight excluding hydrogens is 504 g/mol. The molecule has 0 spiro atoms. The molecule has 3 saturated heterocycles. The summed E-state index contributed by atoms with van der Waals surface area (Å²) in [5.41, 5.74) is -0.844. The summed E-state index contributed by atoms with van der Waals surface area (Å²) in [5.74, 6) is -1.33. The molecule has 38 heavy (non-hydrogen) atoms. The van der Waals surface area contributed by atoms with E-state index in [1.54, 1.807) is 25.7 Å². The Kier molecular flexibility index (Phi) is 7.14.